The van der Waals surface area contributed by atoms with Crippen molar-refractivity contribution < 1.29 is 9.59 Å². The van der Waals surface area contributed by atoms with Crippen LogP contribution in [0.15, 0.2) is 0 Å². The van der Waals surface area contributed by atoms with Crippen molar-refractivity contribution in [2.75, 3.05) is 131 Å². The van der Waals surface area contributed by atoms with Crippen LogP contribution in [0.3, 0.4) is 0 Å². The number of hydrogen-bond donors (Lipinski definition) is 12. The number of aromatic amines is 4. The summed E-state index contributed by atoms with van der Waals surface area (Å²) >= 11 is 0. The highest BCUT2D eigenvalue weighted by molar-refractivity contribution is 5.77. The predicted octanol–water partition coefficient (Wildman–Crippen LogP) is 7.55. The molecular weight excluding hydrogens is 1120 g/mol. The van der Waals surface area contributed by atoms with Gasteiger partial charge in [-0.3, -0.25) is 9.59 Å². The molecule has 0 radical (unpaired) electrons. The Hall–Kier alpha value is -4.78. The van der Waals surface area contributed by atoms with Gasteiger partial charge in [-0.05, 0) is 343 Å². The van der Waals surface area contributed by atoms with E-state index in [4.69, 9.17) is 0 Å². The maximum atomic E-state index is 14.2. The van der Waals surface area contributed by atoms with Crippen molar-refractivity contribution in [3.63, 3.8) is 0 Å². The summed E-state index contributed by atoms with van der Waals surface area (Å²) in [4.78, 5) is 47.9. The van der Waals surface area contributed by atoms with Gasteiger partial charge in [-0.25, -0.2) is 0 Å². The standard InChI is InChI=1S/C74H130N14O2/c1-11-61-57(7)65-53-66-59(9)63(33-35-73(89)87(15-5)51-31-29-49-81-47-27-25-45-79-43-23-21-41-77-39-19-17-37-75-13-3)71(85-66)56-72-64(60(10)68(86-72)55-70-62(12-2)58(8)67(84-70)54-69(61)83-65)34-36-74(90)88(16-6)52-32-30-50-82-48-28-26-46-80-44-24-22-42-78-40-20-18-38-76-14-4/h53-56,75-86H,11-52H2,1-10H3. The first-order chi connectivity index (χ1) is 44.0. The van der Waals surface area contributed by atoms with E-state index < -0.39 is 0 Å². The van der Waals surface area contributed by atoms with Crippen LogP contribution >= 0.6 is 0 Å². The minimum absolute atomic E-state index is 0.203. The third-order valence-corrected chi connectivity index (χ3v) is 18.6. The maximum absolute atomic E-state index is 14.2. The number of nitrogens with zero attached hydrogens (tertiary/aromatic N) is 2. The van der Waals surface area contributed by atoms with Gasteiger partial charge >= 0.3 is 0 Å². The maximum Gasteiger partial charge on any atom is 0.222 e. The zero-order chi connectivity index (χ0) is 64.6. The Morgan fingerprint density at radius 1 is 0.322 bits per heavy atom. The molecule has 0 fully saturated rings. The summed E-state index contributed by atoms with van der Waals surface area (Å²) < 4.78 is 0. The van der Waals surface area contributed by atoms with Gasteiger partial charge in [-0.2, -0.15) is 0 Å². The molecule has 2 amide bonds. The van der Waals surface area contributed by atoms with Gasteiger partial charge in [0.1, 0.15) is 0 Å². The van der Waals surface area contributed by atoms with Crippen LogP contribution in [0, 0.1) is 27.7 Å². The summed E-state index contributed by atoms with van der Waals surface area (Å²) in [6.07, 6.45) is 31.7. The Labute approximate surface area is 545 Å². The number of carbonyl (C=O) groups is 2. The number of nitrogens with one attached hydrogen (secondary N) is 12. The Morgan fingerprint density at radius 2 is 0.611 bits per heavy atom. The molecule has 508 valence electrons. The largest absolute Gasteiger partial charge is 0.355 e. The van der Waals surface area contributed by atoms with Gasteiger partial charge in [-0.1, -0.05) is 27.7 Å². The molecule has 0 aliphatic carbocycles. The Balaban J connectivity index is 1.17. The van der Waals surface area contributed by atoms with Crippen LogP contribution in [0.1, 0.15) is 224 Å². The lowest BCUT2D eigenvalue weighted by Gasteiger charge is -2.21. The van der Waals surface area contributed by atoms with Gasteiger partial charge in [0, 0.05) is 83.2 Å². The molecule has 1 aliphatic heterocycles. The Kier molecular flexibility index (Phi) is 38.4. The van der Waals surface area contributed by atoms with E-state index in [9.17, 15) is 9.59 Å². The van der Waals surface area contributed by atoms with E-state index in [-0.39, 0.29) is 11.8 Å². The van der Waals surface area contributed by atoms with E-state index in [1.54, 1.807) is 0 Å². The van der Waals surface area contributed by atoms with E-state index in [0.29, 0.717) is 38.8 Å². The third-order valence-electron chi connectivity index (χ3n) is 18.6. The highest BCUT2D eigenvalue weighted by atomic mass is 16.2. The number of aromatic nitrogens is 4. The topological polar surface area (TPSA) is 200 Å². The fourth-order valence-electron chi connectivity index (χ4n) is 12.8. The minimum Gasteiger partial charge on any atom is -0.355 e. The molecule has 12 N–H and O–H groups in total. The van der Waals surface area contributed by atoms with Gasteiger partial charge in [0.2, 0.25) is 11.8 Å². The average Bonchev–Trinajstić information content (AvgIpc) is 1.76. The molecule has 8 bridgehead atoms. The normalized spacial score (nSPS) is 12.1. The molecule has 5 rings (SSSR count). The van der Waals surface area contributed by atoms with E-state index in [1.807, 2.05) is 0 Å². The molecule has 0 spiro atoms. The van der Waals surface area contributed by atoms with Crippen LogP contribution in [0.25, 0.3) is 24.3 Å². The zero-order valence-corrected chi connectivity index (χ0v) is 58.7. The minimum atomic E-state index is 0.203. The monoisotopic (exact) mass is 1250 g/mol. The smallest absolute Gasteiger partial charge is 0.222 e. The second kappa shape index (κ2) is 45.5. The number of hydrogen-bond acceptors (Lipinski definition) is 10. The first kappa shape index (κ1) is 75.9. The van der Waals surface area contributed by atoms with E-state index >= 15 is 0 Å². The van der Waals surface area contributed by atoms with Crippen LogP contribution in [0.4, 0.5) is 0 Å². The lowest BCUT2D eigenvalue weighted by atomic mass is 10.0. The second-order valence-electron chi connectivity index (χ2n) is 25.3. The molecule has 0 saturated carbocycles. The van der Waals surface area contributed by atoms with Crippen molar-refractivity contribution >= 4 is 36.1 Å². The number of H-pyrrole nitrogens is 4. The number of carbonyl (C=O) groups excluding carboxylic acids is 2. The summed E-state index contributed by atoms with van der Waals surface area (Å²) in [5, 5.41) is 32.8. The quantitative estimate of drug-likeness (QED) is 0.0173. The van der Waals surface area contributed by atoms with Crippen molar-refractivity contribution in [1.29, 1.82) is 0 Å². The van der Waals surface area contributed by atoms with Gasteiger partial charge in [-0.15, -0.1) is 0 Å². The van der Waals surface area contributed by atoms with E-state index in [0.717, 1.165) is 223 Å². The van der Waals surface area contributed by atoms with Crippen molar-refractivity contribution in [1.82, 2.24) is 72.3 Å². The summed E-state index contributed by atoms with van der Waals surface area (Å²) in [7, 11) is 0. The molecule has 0 unspecified atom stereocenters. The van der Waals surface area contributed by atoms with Crippen molar-refractivity contribution in [3.8, 4) is 0 Å². The molecule has 0 saturated heterocycles. The van der Waals surface area contributed by atoms with Gasteiger partial charge in [0.05, 0.1) is 0 Å². The SMILES string of the molecule is CCNCCCCNCCCCNCCCCNCCCCN(CC)C(=O)CCc1c2[nH]c(c1C)C=c1[nH]c(c(C)c1CC)=Cc1[nH]c(c(C)c1CC)C=c1[nH]c(c(CCC(=O)N(CC)CCCCNCCCCNCCCCNCCCCNCC)c1C)=C2. The summed E-state index contributed by atoms with van der Waals surface area (Å²) in [5.41, 5.74) is 14.0. The molecule has 16 heteroatoms. The van der Waals surface area contributed by atoms with Gasteiger partial charge in [0.15, 0.2) is 0 Å². The van der Waals surface area contributed by atoms with Crippen molar-refractivity contribution in [3.05, 3.63) is 88.7 Å². The number of amides is 2. The molecule has 1 aliphatic rings. The summed E-state index contributed by atoms with van der Waals surface area (Å²) in [6.45, 7) is 42.1. The van der Waals surface area contributed by atoms with E-state index in [1.165, 1.54) is 99.3 Å². The molecule has 0 aromatic carbocycles. The van der Waals surface area contributed by atoms with Gasteiger partial charge in [0.25, 0.3) is 0 Å². The van der Waals surface area contributed by atoms with Crippen molar-refractivity contribution in [2.24, 2.45) is 0 Å². The predicted molar refractivity (Wildman–Crippen MR) is 383 cm³/mol. The molecule has 4 aromatic rings. The summed E-state index contributed by atoms with van der Waals surface area (Å²) in [5.74, 6) is 0.407. The molecule has 4 aromatic heterocycles. The number of fused-ring (bicyclic) bond motifs is 8. The Morgan fingerprint density at radius 3 is 0.978 bits per heavy atom. The summed E-state index contributed by atoms with van der Waals surface area (Å²) in [6, 6.07) is 0. The van der Waals surface area contributed by atoms with Crippen LogP contribution in [0.2, 0.25) is 0 Å². The zero-order valence-electron chi connectivity index (χ0n) is 58.7. The fourth-order valence-corrected chi connectivity index (χ4v) is 12.8. The number of rotatable bonds is 52. The second-order valence-corrected chi connectivity index (χ2v) is 25.3. The van der Waals surface area contributed by atoms with Crippen LogP contribution in [0.5, 0.6) is 0 Å². The molecule has 16 nitrogen and oxygen atoms in total. The highest BCUT2D eigenvalue weighted by Gasteiger charge is 2.20. The lowest BCUT2D eigenvalue weighted by Crippen LogP contribution is -2.32. The van der Waals surface area contributed by atoms with Gasteiger partial charge < -0.3 is 72.3 Å². The highest BCUT2D eigenvalue weighted by Crippen LogP contribution is 2.24. The van der Waals surface area contributed by atoms with E-state index in [2.05, 4.69) is 166 Å². The molecular formula is C74H130N14O2. The first-order valence-corrected chi connectivity index (χ1v) is 36.5. The molecule has 90 heavy (non-hydrogen) atoms. The third kappa shape index (κ3) is 26.7. The van der Waals surface area contributed by atoms with Crippen molar-refractivity contribution in [2.45, 2.75) is 210 Å². The fraction of sp³-hybridized carbons (Fsp3) is 0.703. The molecule has 5 heterocycles. The van der Waals surface area contributed by atoms with Crippen LogP contribution in [-0.2, 0) is 35.3 Å². The lowest BCUT2D eigenvalue weighted by molar-refractivity contribution is -0.131. The first-order valence-electron chi connectivity index (χ1n) is 36.5. The molecule has 0 atom stereocenters. The Bertz CT molecular complexity index is 2870. The average molecular weight is 1250 g/mol. The number of unbranched alkanes of at least 4 members (excludes halogenated alkanes) is 8. The van der Waals surface area contributed by atoms with Crippen LogP contribution in [-0.4, -0.2) is 172 Å². The van der Waals surface area contributed by atoms with Crippen LogP contribution < -0.4 is 63.9 Å².